The first-order chi connectivity index (χ1) is 8.15. The summed E-state index contributed by atoms with van der Waals surface area (Å²) in [5.74, 6) is -0.636. The zero-order valence-electron chi connectivity index (χ0n) is 9.17. The molecule has 0 spiro atoms. The molecule has 1 aliphatic rings. The van der Waals surface area contributed by atoms with Crippen molar-refractivity contribution in [2.24, 2.45) is 0 Å². The summed E-state index contributed by atoms with van der Waals surface area (Å²) >= 11 is 0. The number of aliphatic hydroxyl groups excluding tert-OH is 1. The minimum Gasteiger partial charge on any atom is -0.504 e. The Kier molecular flexibility index (Phi) is 3.06. The van der Waals surface area contributed by atoms with Gasteiger partial charge in [-0.1, -0.05) is 0 Å². The van der Waals surface area contributed by atoms with Crippen molar-refractivity contribution < 1.29 is 29.2 Å². The smallest absolute Gasteiger partial charge is 0.339 e. The molecular formula is C11H12O6. The third kappa shape index (κ3) is 1.99. The largest absolute Gasteiger partial charge is 0.504 e. The highest BCUT2D eigenvalue weighted by Crippen LogP contribution is 2.43. The predicted molar refractivity (Wildman–Crippen MR) is 56.1 cm³/mol. The van der Waals surface area contributed by atoms with Crippen LogP contribution in [0, 0.1) is 0 Å². The van der Waals surface area contributed by atoms with Crippen molar-refractivity contribution in [3.8, 4) is 17.2 Å². The summed E-state index contributed by atoms with van der Waals surface area (Å²) in [7, 11) is 1.15. The number of aromatic hydroxyl groups is 1. The Hall–Kier alpha value is -1.95. The van der Waals surface area contributed by atoms with Gasteiger partial charge in [0.15, 0.2) is 17.6 Å². The van der Waals surface area contributed by atoms with Crippen molar-refractivity contribution in [3.05, 3.63) is 17.7 Å². The Morgan fingerprint density at radius 1 is 1.41 bits per heavy atom. The number of benzene rings is 1. The molecule has 0 amide bonds. The Bertz CT molecular complexity index is 442. The lowest BCUT2D eigenvalue weighted by molar-refractivity contribution is -0.150. The molecule has 0 saturated carbocycles. The lowest BCUT2D eigenvalue weighted by Crippen LogP contribution is -2.17. The molecule has 2 rings (SSSR count). The summed E-state index contributed by atoms with van der Waals surface area (Å²) in [6.45, 7) is 0.698. The van der Waals surface area contributed by atoms with Crippen LogP contribution in [0.1, 0.15) is 11.7 Å². The molecule has 1 unspecified atom stereocenters. The van der Waals surface area contributed by atoms with Crippen molar-refractivity contribution >= 4 is 5.97 Å². The molecule has 0 aromatic heterocycles. The van der Waals surface area contributed by atoms with Gasteiger partial charge in [0, 0.05) is 5.56 Å². The van der Waals surface area contributed by atoms with E-state index in [1.165, 1.54) is 12.1 Å². The molecule has 0 bridgehead atoms. The predicted octanol–water partition coefficient (Wildman–Crippen LogP) is 0.370. The molecule has 2 N–H and O–H groups in total. The number of carbonyl (C=O) groups excluding carboxylic acids is 1. The normalized spacial score (nSPS) is 15.2. The van der Waals surface area contributed by atoms with Crippen LogP contribution in [0.5, 0.6) is 17.2 Å². The van der Waals surface area contributed by atoms with Crippen molar-refractivity contribution in [1.29, 1.82) is 0 Å². The van der Waals surface area contributed by atoms with Gasteiger partial charge in [-0.3, -0.25) is 0 Å². The Morgan fingerprint density at radius 3 is 2.82 bits per heavy atom. The molecular weight excluding hydrogens is 228 g/mol. The van der Waals surface area contributed by atoms with Crippen LogP contribution in [0.4, 0.5) is 0 Å². The van der Waals surface area contributed by atoms with Gasteiger partial charge in [-0.2, -0.15) is 0 Å². The fourth-order valence-electron chi connectivity index (χ4n) is 1.58. The summed E-state index contributed by atoms with van der Waals surface area (Å²) in [4.78, 5) is 11.2. The topological polar surface area (TPSA) is 85.2 Å². The van der Waals surface area contributed by atoms with E-state index in [-0.39, 0.29) is 17.1 Å². The van der Waals surface area contributed by atoms with Crippen LogP contribution in [0.2, 0.25) is 0 Å². The summed E-state index contributed by atoms with van der Waals surface area (Å²) < 4.78 is 14.9. The molecule has 6 heteroatoms. The number of methoxy groups -OCH3 is 1. The van der Waals surface area contributed by atoms with Gasteiger partial charge in [0.1, 0.15) is 13.2 Å². The fraction of sp³-hybridized carbons (Fsp3) is 0.364. The second-order valence-electron chi connectivity index (χ2n) is 3.45. The van der Waals surface area contributed by atoms with E-state index in [1.54, 1.807) is 0 Å². The van der Waals surface area contributed by atoms with Crippen molar-refractivity contribution in [3.63, 3.8) is 0 Å². The molecule has 1 heterocycles. The minimum absolute atomic E-state index is 0.0288. The highest BCUT2D eigenvalue weighted by Gasteiger charge is 2.26. The Balaban J connectivity index is 2.39. The number of aliphatic hydroxyl groups is 1. The van der Waals surface area contributed by atoms with Crippen molar-refractivity contribution in [2.75, 3.05) is 20.3 Å². The molecule has 1 atom stereocenters. The van der Waals surface area contributed by atoms with E-state index in [4.69, 9.17) is 9.47 Å². The number of hydrogen-bond acceptors (Lipinski definition) is 6. The van der Waals surface area contributed by atoms with Crippen LogP contribution in [0.25, 0.3) is 0 Å². The second kappa shape index (κ2) is 4.50. The molecule has 0 fully saturated rings. The SMILES string of the molecule is COC(=O)C(O)c1ccc2c(c1O)OCCO2. The van der Waals surface area contributed by atoms with E-state index in [1.807, 2.05) is 0 Å². The first-order valence-corrected chi connectivity index (χ1v) is 5.02. The fourth-order valence-corrected chi connectivity index (χ4v) is 1.58. The van der Waals surface area contributed by atoms with E-state index in [2.05, 4.69) is 4.74 Å². The second-order valence-corrected chi connectivity index (χ2v) is 3.45. The van der Waals surface area contributed by atoms with Crippen molar-refractivity contribution in [1.82, 2.24) is 0 Å². The molecule has 6 nitrogen and oxygen atoms in total. The molecule has 1 aromatic carbocycles. The van der Waals surface area contributed by atoms with Gasteiger partial charge in [0.25, 0.3) is 0 Å². The maximum Gasteiger partial charge on any atom is 0.339 e. The van der Waals surface area contributed by atoms with Gasteiger partial charge in [0.05, 0.1) is 7.11 Å². The summed E-state index contributed by atoms with van der Waals surface area (Å²) in [5, 5.41) is 19.5. The van der Waals surface area contributed by atoms with Gasteiger partial charge >= 0.3 is 5.97 Å². The minimum atomic E-state index is -1.55. The summed E-state index contributed by atoms with van der Waals surface area (Å²) in [6.07, 6.45) is -1.55. The molecule has 1 aromatic rings. The third-order valence-corrected chi connectivity index (χ3v) is 2.43. The van der Waals surface area contributed by atoms with E-state index in [0.717, 1.165) is 7.11 Å². The highest BCUT2D eigenvalue weighted by atomic mass is 16.6. The first-order valence-electron chi connectivity index (χ1n) is 5.02. The zero-order valence-corrected chi connectivity index (χ0v) is 9.17. The van der Waals surface area contributed by atoms with Crippen LogP contribution in [0.3, 0.4) is 0 Å². The van der Waals surface area contributed by atoms with Crippen LogP contribution in [-0.4, -0.2) is 36.5 Å². The number of rotatable bonds is 2. The maximum absolute atomic E-state index is 11.2. The van der Waals surface area contributed by atoms with Gasteiger partial charge in [-0.15, -0.1) is 0 Å². The van der Waals surface area contributed by atoms with Crippen LogP contribution < -0.4 is 9.47 Å². The van der Waals surface area contributed by atoms with E-state index in [9.17, 15) is 15.0 Å². The van der Waals surface area contributed by atoms with Gasteiger partial charge in [0.2, 0.25) is 5.75 Å². The van der Waals surface area contributed by atoms with Crippen molar-refractivity contribution in [2.45, 2.75) is 6.10 Å². The van der Waals surface area contributed by atoms with E-state index < -0.39 is 12.1 Å². The molecule has 1 aliphatic heterocycles. The summed E-state index contributed by atoms with van der Waals surface area (Å²) in [5.41, 5.74) is 0.0288. The molecule has 17 heavy (non-hydrogen) atoms. The number of fused-ring (bicyclic) bond motifs is 1. The number of esters is 1. The number of hydrogen-bond donors (Lipinski definition) is 2. The molecule has 92 valence electrons. The van der Waals surface area contributed by atoms with Gasteiger partial charge < -0.3 is 24.4 Å². The lowest BCUT2D eigenvalue weighted by Gasteiger charge is -2.21. The third-order valence-electron chi connectivity index (χ3n) is 2.43. The van der Waals surface area contributed by atoms with Gasteiger partial charge in [-0.25, -0.2) is 4.79 Å². The van der Waals surface area contributed by atoms with E-state index in [0.29, 0.717) is 19.0 Å². The number of ether oxygens (including phenoxy) is 3. The number of carbonyl (C=O) groups is 1. The molecule has 0 saturated heterocycles. The van der Waals surface area contributed by atoms with Crippen LogP contribution in [0.15, 0.2) is 12.1 Å². The van der Waals surface area contributed by atoms with Gasteiger partial charge in [-0.05, 0) is 12.1 Å². The standard InChI is InChI=1S/C11H12O6/c1-15-11(14)9(13)6-2-3-7-10(8(6)12)17-5-4-16-7/h2-3,9,12-13H,4-5H2,1H3. The Labute approximate surface area is 97.3 Å². The maximum atomic E-state index is 11.2. The van der Waals surface area contributed by atoms with Crippen LogP contribution in [-0.2, 0) is 9.53 Å². The molecule has 0 radical (unpaired) electrons. The lowest BCUT2D eigenvalue weighted by atomic mass is 10.1. The Morgan fingerprint density at radius 2 is 2.12 bits per heavy atom. The average Bonchev–Trinajstić information content (AvgIpc) is 2.38. The van der Waals surface area contributed by atoms with Crippen LogP contribution >= 0.6 is 0 Å². The molecule has 0 aliphatic carbocycles. The average molecular weight is 240 g/mol. The number of phenols is 1. The van der Waals surface area contributed by atoms with E-state index >= 15 is 0 Å². The quantitative estimate of drug-likeness (QED) is 0.726. The monoisotopic (exact) mass is 240 g/mol. The first kappa shape index (κ1) is 11.5. The highest BCUT2D eigenvalue weighted by molar-refractivity contribution is 5.78. The number of phenolic OH excluding ortho intramolecular Hbond substituents is 1. The summed E-state index contributed by atoms with van der Waals surface area (Å²) in [6, 6.07) is 2.92. The zero-order chi connectivity index (χ0) is 12.4.